The van der Waals surface area contributed by atoms with Crippen molar-refractivity contribution >= 4 is 29.2 Å². The number of nitro groups is 1. The number of allylic oxidation sites excluding steroid dienone is 1. The number of ether oxygens (including phenoxy) is 1. The molecule has 144 valence electrons. The van der Waals surface area contributed by atoms with Gasteiger partial charge in [0, 0.05) is 18.6 Å². The van der Waals surface area contributed by atoms with E-state index in [2.05, 4.69) is 28.5 Å². The smallest absolute Gasteiger partial charge is 0.328 e. The molecule has 2 N–H and O–H groups in total. The predicted molar refractivity (Wildman–Crippen MR) is 99.2 cm³/mol. The first-order valence-electron chi connectivity index (χ1n) is 8.02. The Morgan fingerprint density at radius 2 is 2.00 bits per heavy atom. The van der Waals surface area contributed by atoms with Crippen LogP contribution in [-0.2, 0) is 14.3 Å². The van der Waals surface area contributed by atoms with Gasteiger partial charge in [0.05, 0.1) is 23.3 Å². The molecule has 0 saturated heterocycles. The molecule has 1 unspecified atom stereocenters. The number of amides is 2. The van der Waals surface area contributed by atoms with Gasteiger partial charge in [0.2, 0.25) is 5.91 Å². The summed E-state index contributed by atoms with van der Waals surface area (Å²) in [6, 6.07) is 2.45. The lowest BCUT2D eigenvalue weighted by Crippen LogP contribution is -2.41. The van der Waals surface area contributed by atoms with E-state index < -0.39 is 28.7 Å². The molecule has 1 aromatic rings. The number of anilines is 1. The number of esters is 1. The summed E-state index contributed by atoms with van der Waals surface area (Å²) >= 11 is 0. The molecular weight excluding hydrogens is 354 g/mol. The highest BCUT2D eigenvalue weighted by molar-refractivity contribution is 6.05. The zero-order valence-electron chi connectivity index (χ0n) is 14.9. The highest BCUT2D eigenvalue weighted by atomic mass is 16.6. The molecule has 0 bridgehead atoms. The van der Waals surface area contributed by atoms with Crippen LogP contribution in [-0.4, -0.2) is 35.9 Å². The van der Waals surface area contributed by atoms with Crippen molar-refractivity contribution < 1.29 is 24.0 Å². The Morgan fingerprint density at radius 3 is 2.56 bits per heavy atom. The molecule has 0 radical (unpaired) electrons. The molecule has 0 saturated carbocycles. The lowest BCUT2D eigenvalue weighted by Gasteiger charge is -2.16. The third-order valence-electron chi connectivity index (χ3n) is 3.50. The average molecular weight is 375 g/mol. The maximum absolute atomic E-state index is 12.6. The van der Waals surface area contributed by atoms with Gasteiger partial charge in [-0.1, -0.05) is 12.2 Å². The van der Waals surface area contributed by atoms with Gasteiger partial charge in [-0.15, -0.1) is 13.2 Å². The van der Waals surface area contributed by atoms with Crippen molar-refractivity contribution in [3.05, 3.63) is 59.2 Å². The van der Waals surface area contributed by atoms with Crippen molar-refractivity contribution in [3.63, 3.8) is 0 Å². The molecule has 0 aliphatic carbocycles. The number of hydrogen-bond donors (Lipinski definition) is 2. The third kappa shape index (κ3) is 6.38. The summed E-state index contributed by atoms with van der Waals surface area (Å²) in [6.07, 6.45) is 3.64. The summed E-state index contributed by atoms with van der Waals surface area (Å²) in [5.41, 5.74) is -0.343. The largest absolute Gasteiger partial charge is 0.467 e. The van der Waals surface area contributed by atoms with Crippen LogP contribution >= 0.6 is 0 Å². The number of hydrogen-bond acceptors (Lipinski definition) is 6. The molecule has 0 aromatic heterocycles. The lowest BCUT2D eigenvalue weighted by atomic mass is 10.1. The van der Waals surface area contributed by atoms with Crippen molar-refractivity contribution in [1.29, 1.82) is 0 Å². The van der Waals surface area contributed by atoms with E-state index >= 15 is 0 Å². The van der Waals surface area contributed by atoms with Crippen molar-refractivity contribution in [2.75, 3.05) is 12.4 Å². The molecule has 1 rings (SSSR count). The van der Waals surface area contributed by atoms with Crippen molar-refractivity contribution in [2.24, 2.45) is 0 Å². The fourth-order valence-electron chi connectivity index (χ4n) is 2.15. The SMILES string of the molecule is C=CCCC(=O)Nc1cc([N+](=O)[O-])ccc1C(=O)NC(CC=C)C(=O)OC. The van der Waals surface area contributed by atoms with E-state index in [1.54, 1.807) is 6.08 Å². The van der Waals surface area contributed by atoms with Crippen LogP contribution in [0.3, 0.4) is 0 Å². The van der Waals surface area contributed by atoms with Crippen LogP contribution in [0.2, 0.25) is 0 Å². The Bertz CT molecular complexity index is 759. The second-order valence-electron chi connectivity index (χ2n) is 5.44. The molecular formula is C18H21N3O6. The summed E-state index contributed by atoms with van der Waals surface area (Å²) in [7, 11) is 1.18. The maximum atomic E-state index is 12.6. The van der Waals surface area contributed by atoms with E-state index in [9.17, 15) is 24.5 Å². The first-order chi connectivity index (χ1) is 12.8. The van der Waals surface area contributed by atoms with E-state index in [1.165, 1.54) is 19.3 Å². The zero-order valence-corrected chi connectivity index (χ0v) is 14.9. The number of non-ortho nitro benzene ring substituents is 1. The standard InChI is InChI=1S/C18H21N3O6/c1-4-6-8-16(22)19-15-11-12(21(25)26)9-10-13(15)17(23)20-14(7-5-2)18(24)27-3/h4-5,9-11,14H,1-2,6-8H2,3H3,(H,19,22)(H,20,23). The number of carbonyl (C=O) groups excluding carboxylic acids is 3. The highest BCUT2D eigenvalue weighted by Crippen LogP contribution is 2.23. The van der Waals surface area contributed by atoms with Gasteiger partial charge in [0.25, 0.3) is 11.6 Å². The lowest BCUT2D eigenvalue weighted by molar-refractivity contribution is -0.384. The fourth-order valence-corrected chi connectivity index (χ4v) is 2.15. The van der Waals surface area contributed by atoms with Gasteiger partial charge in [0.15, 0.2) is 0 Å². The number of rotatable bonds is 10. The van der Waals surface area contributed by atoms with E-state index in [4.69, 9.17) is 0 Å². The summed E-state index contributed by atoms with van der Waals surface area (Å²) in [6.45, 7) is 7.03. The molecule has 2 amide bonds. The molecule has 0 aliphatic heterocycles. The Balaban J connectivity index is 3.15. The number of nitrogens with one attached hydrogen (secondary N) is 2. The molecule has 0 heterocycles. The summed E-state index contributed by atoms with van der Waals surface area (Å²) in [5, 5.41) is 15.9. The number of carbonyl (C=O) groups is 3. The molecule has 0 spiro atoms. The zero-order chi connectivity index (χ0) is 20.4. The second kappa shape index (κ2) is 10.5. The van der Waals surface area contributed by atoms with Gasteiger partial charge in [-0.25, -0.2) is 4.79 Å². The van der Waals surface area contributed by atoms with Crippen LogP contribution in [0.15, 0.2) is 43.5 Å². The Morgan fingerprint density at radius 1 is 1.30 bits per heavy atom. The van der Waals surface area contributed by atoms with Crippen molar-refractivity contribution in [2.45, 2.75) is 25.3 Å². The predicted octanol–water partition coefficient (Wildman–Crippen LogP) is 2.35. The van der Waals surface area contributed by atoms with Gasteiger partial charge >= 0.3 is 5.97 Å². The Kier molecular flexibility index (Phi) is 8.37. The second-order valence-corrected chi connectivity index (χ2v) is 5.44. The first kappa shape index (κ1) is 21.6. The van der Waals surface area contributed by atoms with Crippen LogP contribution in [0.4, 0.5) is 11.4 Å². The van der Waals surface area contributed by atoms with Gasteiger partial charge < -0.3 is 15.4 Å². The third-order valence-corrected chi connectivity index (χ3v) is 3.50. The minimum atomic E-state index is -0.973. The van der Waals surface area contributed by atoms with E-state index in [1.807, 2.05) is 0 Å². The minimum absolute atomic E-state index is 0.0227. The maximum Gasteiger partial charge on any atom is 0.328 e. The first-order valence-corrected chi connectivity index (χ1v) is 8.02. The van der Waals surface area contributed by atoms with E-state index in [0.29, 0.717) is 6.42 Å². The van der Waals surface area contributed by atoms with Crippen LogP contribution in [0.1, 0.15) is 29.6 Å². The van der Waals surface area contributed by atoms with E-state index in [-0.39, 0.29) is 29.8 Å². The molecule has 0 aliphatic rings. The van der Waals surface area contributed by atoms with Crippen LogP contribution < -0.4 is 10.6 Å². The highest BCUT2D eigenvalue weighted by Gasteiger charge is 2.24. The summed E-state index contributed by atoms with van der Waals surface area (Å²) in [5.74, 6) is -1.79. The van der Waals surface area contributed by atoms with Gasteiger partial charge in [-0.05, 0) is 18.9 Å². The van der Waals surface area contributed by atoms with E-state index in [0.717, 1.165) is 12.1 Å². The Hall–Kier alpha value is -3.49. The quantitative estimate of drug-likeness (QED) is 0.280. The molecule has 1 atom stereocenters. The number of benzene rings is 1. The van der Waals surface area contributed by atoms with Gasteiger partial charge in [-0.3, -0.25) is 19.7 Å². The Labute approximate surface area is 156 Å². The molecule has 27 heavy (non-hydrogen) atoms. The summed E-state index contributed by atoms with van der Waals surface area (Å²) in [4.78, 5) is 46.6. The van der Waals surface area contributed by atoms with Crippen molar-refractivity contribution in [3.8, 4) is 0 Å². The number of nitrogens with zero attached hydrogens (tertiary/aromatic N) is 1. The molecule has 9 nitrogen and oxygen atoms in total. The fraction of sp³-hybridized carbons (Fsp3) is 0.278. The van der Waals surface area contributed by atoms with Crippen molar-refractivity contribution in [1.82, 2.24) is 5.32 Å². The van der Waals surface area contributed by atoms with Crippen LogP contribution in [0.25, 0.3) is 0 Å². The molecule has 9 heteroatoms. The van der Waals surface area contributed by atoms with Crippen LogP contribution in [0.5, 0.6) is 0 Å². The minimum Gasteiger partial charge on any atom is -0.467 e. The van der Waals surface area contributed by atoms with Gasteiger partial charge in [0.1, 0.15) is 6.04 Å². The topological polar surface area (TPSA) is 128 Å². The average Bonchev–Trinajstić information content (AvgIpc) is 2.65. The number of methoxy groups -OCH3 is 1. The van der Waals surface area contributed by atoms with Crippen LogP contribution in [0, 0.1) is 10.1 Å². The molecule has 1 aromatic carbocycles. The van der Waals surface area contributed by atoms with Gasteiger partial charge in [-0.2, -0.15) is 0 Å². The normalized spacial score (nSPS) is 11.0. The monoisotopic (exact) mass is 375 g/mol. The number of nitro benzene ring substituents is 1. The molecule has 0 fully saturated rings. The summed E-state index contributed by atoms with van der Waals surface area (Å²) < 4.78 is 4.62.